The summed E-state index contributed by atoms with van der Waals surface area (Å²) in [6.07, 6.45) is -5.25. The van der Waals surface area contributed by atoms with Gasteiger partial charge in [0.05, 0.1) is 35.6 Å². The number of hydrogen-bond acceptors (Lipinski definition) is 22. The Kier molecular flexibility index (Phi) is 39.2. The standard InChI is InChI=1S/C74H112FN19O18/c1-10-80-71(109)62(42(8)95)92-67(105)51(27-31-79)86-66(104)50(26-30-78)87-68(106)54(34-39(4)5)89-69(107)55(35-44-16-14-13-15-17-44)90-65(103)49(25-29-77)84-59(99)38-82-64(102)48(24-28-76)88-72(110)63(43(9)96)91-58(98)22-21-57(97)85-52(19-23-60(100)101)74(112)94-56-20-18-45(75)36-46(56)47(73(94)111)37-53-40(6)61(41(7)83-53)70(108)81-32-33-93(11-2)12-3/h13-18,20,36-37,39,42-43,48-52,54-55,62-63,83,95-96H,10-12,19,21-35,38,76-79H2,1-9H3,(H,80,109)(H,81,108)(H,82,102)(H,84,99)(H,85,97)(H,86,104)(H,87,106)(H,88,110)(H,89,107)(H,90,103)(H,91,98)(H,92,105)(H,100,101)/b47-37-/t42?,43?,48?,49?,50-,51?,52-,54-,55?,62?,63?/m0/s1. The maximum atomic E-state index is 15.0. The van der Waals surface area contributed by atoms with Gasteiger partial charge in [-0.2, -0.15) is 0 Å². The number of aromatic amines is 1. The fourth-order valence-corrected chi connectivity index (χ4v) is 12.1. The monoisotopic (exact) mass is 1570 g/mol. The molecule has 0 bridgehead atoms. The minimum Gasteiger partial charge on any atom is -0.481 e. The van der Waals surface area contributed by atoms with Crippen molar-refractivity contribution in [3.05, 3.63) is 88.0 Å². The summed E-state index contributed by atoms with van der Waals surface area (Å²) in [5.41, 5.74) is 25.1. The highest BCUT2D eigenvalue weighted by molar-refractivity contribution is 6.42. The van der Waals surface area contributed by atoms with E-state index in [4.69, 9.17) is 22.9 Å². The number of anilines is 1. The van der Waals surface area contributed by atoms with E-state index in [-0.39, 0.29) is 99.9 Å². The summed E-state index contributed by atoms with van der Waals surface area (Å²) in [5, 5.41) is 60.7. The number of halogens is 1. The highest BCUT2D eigenvalue weighted by atomic mass is 19.1. The number of aryl methyl sites for hydroxylation is 1. The van der Waals surface area contributed by atoms with Crippen LogP contribution < -0.4 is 91.6 Å². The molecule has 37 nitrogen and oxygen atoms in total. The number of likely N-dealkylation sites (N-methyl/N-ethyl adjacent to an activating group) is 2. The molecule has 1 aromatic heterocycles. The molecule has 0 saturated carbocycles. The summed E-state index contributed by atoms with van der Waals surface area (Å²) in [6, 6.07) is -1.85. The molecule has 14 amide bonds. The van der Waals surface area contributed by atoms with E-state index in [1.807, 2.05) is 13.8 Å². The summed E-state index contributed by atoms with van der Waals surface area (Å²) in [5.74, 6) is -15.1. The van der Waals surface area contributed by atoms with Crippen LogP contribution in [0.2, 0.25) is 0 Å². The maximum absolute atomic E-state index is 15.0. The summed E-state index contributed by atoms with van der Waals surface area (Å²) in [7, 11) is 0. The first-order valence-electron chi connectivity index (χ1n) is 37.4. The molecule has 24 N–H and O–H groups in total. The van der Waals surface area contributed by atoms with Crippen LogP contribution in [0.3, 0.4) is 0 Å². The quantitative estimate of drug-likeness (QED) is 0.0239. The molecule has 0 aliphatic carbocycles. The van der Waals surface area contributed by atoms with Crippen molar-refractivity contribution in [2.24, 2.45) is 28.9 Å². The number of hydrogen-bond donors (Lipinski definition) is 20. The molecule has 11 atom stereocenters. The number of nitrogens with zero attached hydrogens (tertiary/aromatic N) is 2. The smallest absolute Gasteiger partial charge is 0.303 e. The maximum Gasteiger partial charge on any atom is 0.303 e. The minimum atomic E-state index is -1.80. The summed E-state index contributed by atoms with van der Waals surface area (Å²) >= 11 is 0. The molecule has 0 fully saturated rings. The van der Waals surface area contributed by atoms with Crippen molar-refractivity contribution in [2.75, 3.05) is 70.3 Å². The number of aliphatic carboxylic acids is 1. The van der Waals surface area contributed by atoms with Gasteiger partial charge in [-0.15, -0.1) is 0 Å². The van der Waals surface area contributed by atoms with E-state index in [0.717, 1.165) is 38.2 Å². The summed E-state index contributed by atoms with van der Waals surface area (Å²) in [4.78, 5) is 211. The van der Waals surface area contributed by atoms with E-state index < -0.39 is 187 Å². The van der Waals surface area contributed by atoms with Crippen molar-refractivity contribution in [3.63, 3.8) is 0 Å². The average molecular weight is 1570 g/mol. The Balaban J connectivity index is 1.43. The average Bonchev–Trinajstić information content (AvgIpc) is 1.60. The van der Waals surface area contributed by atoms with Crippen molar-refractivity contribution < 1.29 is 91.6 Å². The largest absolute Gasteiger partial charge is 0.481 e. The van der Waals surface area contributed by atoms with E-state index in [2.05, 4.69) is 73.7 Å². The Bertz CT molecular complexity index is 3810. The number of carbonyl (C=O) groups excluding carboxylic acids is 14. The third kappa shape index (κ3) is 28.9. The minimum absolute atomic E-state index is 0.00129. The van der Waals surface area contributed by atoms with Crippen LogP contribution in [0.25, 0.3) is 11.6 Å². The van der Waals surface area contributed by atoms with Gasteiger partial charge in [-0.05, 0) is 154 Å². The van der Waals surface area contributed by atoms with Gasteiger partial charge in [0.1, 0.15) is 60.2 Å². The Morgan fingerprint density at radius 2 is 1.04 bits per heavy atom. The number of imide groups is 1. The predicted octanol–water partition coefficient (Wildman–Crippen LogP) is -4.04. The summed E-state index contributed by atoms with van der Waals surface area (Å²) < 4.78 is 15.0. The number of benzene rings is 2. The lowest BCUT2D eigenvalue weighted by atomic mass is 10.00. The molecule has 2 heterocycles. The Hall–Kier alpha value is -10.6. The highest BCUT2D eigenvalue weighted by Crippen LogP contribution is 2.39. The predicted molar refractivity (Wildman–Crippen MR) is 410 cm³/mol. The SMILES string of the molecule is CCNC(=O)C(NC(=O)C(CCN)NC(=O)[C@H](CCN)NC(=O)[C@H](CC(C)C)NC(=O)C(Cc1ccccc1)NC(=O)C(CCN)NC(=O)CNC(=O)C(CCN)NC(=O)C(NC(=O)CCC(=O)N[C@@H](CCC(=O)O)C(=O)N1C(=O)/C(=C\c2[nH]c(C)c(C(=O)NCCN(CC)CC)c2C)c2cc(F)ccc21)C(C)O)C(C)O. The van der Waals surface area contributed by atoms with Crippen LogP contribution in [0.5, 0.6) is 0 Å². The molecule has 8 unspecified atom stereocenters. The number of rotatable bonds is 48. The van der Waals surface area contributed by atoms with Crippen LogP contribution >= 0.6 is 0 Å². The summed E-state index contributed by atoms with van der Waals surface area (Å²) in [6.45, 7) is 16.1. The zero-order valence-electron chi connectivity index (χ0n) is 64.8. The van der Waals surface area contributed by atoms with Gasteiger partial charge < -0.3 is 112 Å². The highest BCUT2D eigenvalue weighted by Gasteiger charge is 2.42. The van der Waals surface area contributed by atoms with E-state index in [1.54, 1.807) is 65.0 Å². The number of nitrogens with one attached hydrogen (secondary N) is 13. The van der Waals surface area contributed by atoms with Crippen LogP contribution in [0, 0.1) is 25.6 Å². The number of aliphatic hydroxyl groups excluding tert-OH is 2. The molecule has 0 saturated heterocycles. The molecule has 2 aromatic carbocycles. The second kappa shape index (κ2) is 46.9. The molecule has 4 rings (SSSR count). The van der Waals surface area contributed by atoms with Crippen molar-refractivity contribution in [3.8, 4) is 0 Å². The number of carbonyl (C=O) groups is 15. The molecule has 3 aromatic rings. The first-order chi connectivity index (χ1) is 53.1. The van der Waals surface area contributed by atoms with Gasteiger partial charge in [-0.25, -0.2) is 9.29 Å². The number of H-pyrrole nitrogens is 1. The third-order valence-electron chi connectivity index (χ3n) is 18.1. The lowest BCUT2D eigenvalue weighted by Crippen LogP contribution is -2.61. The molecule has 1 aliphatic heterocycles. The number of carboxylic acids is 1. The van der Waals surface area contributed by atoms with Crippen LogP contribution in [0.1, 0.15) is 145 Å². The Labute approximate surface area is 649 Å². The molecule has 112 heavy (non-hydrogen) atoms. The first kappa shape index (κ1) is 93.7. The fraction of sp³-hybridized carbons (Fsp3) is 0.554. The van der Waals surface area contributed by atoms with Crippen molar-refractivity contribution in [2.45, 2.75) is 193 Å². The molecule has 0 radical (unpaired) electrons. The van der Waals surface area contributed by atoms with E-state index in [9.17, 15) is 91.6 Å². The van der Waals surface area contributed by atoms with Crippen LogP contribution in [-0.4, -0.2) is 246 Å². The van der Waals surface area contributed by atoms with E-state index >= 15 is 0 Å². The lowest BCUT2D eigenvalue weighted by Gasteiger charge is -2.28. The number of aliphatic hydroxyl groups is 2. The van der Waals surface area contributed by atoms with Gasteiger partial charge in [0.2, 0.25) is 65.0 Å². The van der Waals surface area contributed by atoms with Crippen molar-refractivity contribution in [1.82, 2.24) is 73.7 Å². The van der Waals surface area contributed by atoms with Crippen LogP contribution in [-0.2, 0) is 73.5 Å². The molecule has 1 aliphatic rings. The number of nitrogens with two attached hydrogens (primary N) is 4. The molecular weight excluding hydrogens is 1460 g/mol. The van der Waals surface area contributed by atoms with Crippen LogP contribution in [0.15, 0.2) is 48.5 Å². The zero-order chi connectivity index (χ0) is 83.6. The Morgan fingerprint density at radius 1 is 0.554 bits per heavy atom. The Morgan fingerprint density at radius 3 is 1.58 bits per heavy atom. The molecular formula is C74H112FN19O18. The van der Waals surface area contributed by atoms with Crippen LogP contribution in [0.4, 0.5) is 10.1 Å². The first-order valence-corrected chi connectivity index (χ1v) is 37.4. The normalized spacial score (nSPS) is 15.1. The third-order valence-corrected chi connectivity index (χ3v) is 18.1. The molecule has 618 valence electrons. The number of carboxylic acid groups (broad SMARTS) is 1. The fourth-order valence-electron chi connectivity index (χ4n) is 12.1. The molecule has 38 heteroatoms. The van der Waals surface area contributed by atoms with Gasteiger partial charge in [-0.1, -0.05) is 58.0 Å². The second-order valence-corrected chi connectivity index (χ2v) is 27.4. The second-order valence-electron chi connectivity index (χ2n) is 27.4. The van der Waals surface area contributed by atoms with Crippen molar-refractivity contribution >= 4 is 106 Å². The van der Waals surface area contributed by atoms with Gasteiger partial charge in [0, 0.05) is 62.3 Å². The lowest BCUT2D eigenvalue weighted by molar-refractivity contribution is -0.138. The number of aromatic nitrogens is 1. The number of amides is 14. The van der Waals surface area contributed by atoms with Gasteiger partial charge >= 0.3 is 5.97 Å². The molecule has 0 spiro atoms. The van der Waals surface area contributed by atoms with Gasteiger partial charge in [0.15, 0.2) is 0 Å². The topological polar surface area (TPSA) is 587 Å². The van der Waals surface area contributed by atoms with Crippen molar-refractivity contribution in [1.29, 1.82) is 0 Å². The zero-order valence-corrected chi connectivity index (χ0v) is 64.8. The van der Waals surface area contributed by atoms with E-state index in [1.165, 1.54) is 13.0 Å². The van der Waals surface area contributed by atoms with E-state index in [0.29, 0.717) is 46.1 Å². The van der Waals surface area contributed by atoms with Gasteiger partial charge in [0.25, 0.3) is 17.7 Å². The van der Waals surface area contributed by atoms with Gasteiger partial charge in [-0.3, -0.25) is 71.9 Å². The number of fused-ring (bicyclic) bond motifs is 1.